The third-order valence-corrected chi connectivity index (χ3v) is 6.16. The van der Waals surface area contributed by atoms with E-state index in [1.807, 2.05) is 24.3 Å². The number of hydrogen-bond acceptors (Lipinski definition) is 3. The summed E-state index contributed by atoms with van der Waals surface area (Å²) in [5.74, 6) is -0.499. The van der Waals surface area contributed by atoms with Crippen LogP contribution in [0.2, 0.25) is 0 Å². The van der Waals surface area contributed by atoms with E-state index >= 15 is 0 Å². The average Bonchev–Trinajstić information content (AvgIpc) is 2.93. The highest BCUT2D eigenvalue weighted by Crippen LogP contribution is 2.38. The van der Waals surface area contributed by atoms with Crippen LogP contribution in [0, 0.1) is 5.92 Å². The second-order valence-corrected chi connectivity index (χ2v) is 7.72. The van der Waals surface area contributed by atoms with Crippen LogP contribution in [0.1, 0.15) is 38.2 Å². The number of hydrogen-bond donors (Lipinski definition) is 2. The Hall–Kier alpha value is -1.49. The van der Waals surface area contributed by atoms with Crippen molar-refractivity contribution in [1.82, 2.24) is 5.32 Å². The Bertz CT molecular complexity index is 568. The van der Waals surface area contributed by atoms with Gasteiger partial charge in [-0.05, 0) is 49.7 Å². The number of nitrogens with one attached hydrogen (secondary N) is 1. The molecule has 2 aliphatic rings. The van der Waals surface area contributed by atoms with Crippen LogP contribution in [-0.2, 0) is 16.0 Å². The fraction of sp³-hybridized carbons (Fsp3) is 0.529. The lowest BCUT2D eigenvalue weighted by molar-refractivity contribution is -0.149. The fourth-order valence-corrected chi connectivity index (χ4v) is 4.49. The third kappa shape index (κ3) is 2.86. The molecule has 1 aromatic carbocycles. The van der Waals surface area contributed by atoms with Crippen LogP contribution >= 0.6 is 11.8 Å². The number of rotatable bonds is 3. The Morgan fingerprint density at radius 2 is 1.95 bits per heavy atom. The quantitative estimate of drug-likeness (QED) is 0.899. The van der Waals surface area contributed by atoms with Crippen LogP contribution in [0.25, 0.3) is 0 Å². The number of benzene rings is 1. The molecule has 4 nitrogen and oxygen atoms in total. The molecular formula is C17H21NO3S. The van der Waals surface area contributed by atoms with Gasteiger partial charge in [0.15, 0.2) is 0 Å². The molecule has 3 rings (SSSR count). The highest BCUT2D eigenvalue weighted by atomic mass is 32.2. The minimum absolute atomic E-state index is 0.141. The third-order valence-electron chi connectivity index (χ3n) is 4.84. The van der Waals surface area contributed by atoms with E-state index in [4.69, 9.17) is 0 Å². The lowest BCUT2D eigenvalue weighted by atomic mass is 9.77. The van der Waals surface area contributed by atoms with Gasteiger partial charge in [0.25, 0.3) is 0 Å². The van der Waals surface area contributed by atoms with Crippen molar-refractivity contribution in [2.75, 3.05) is 0 Å². The average molecular weight is 319 g/mol. The first-order valence-electron chi connectivity index (χ1n) is 7.80. The number of carbonyl (C=O) groups excluding carboxylic acids is 1. The summed E-state index contributed by atoms with van der Waals surface area (Å²) in [5.41, 5.74) is 0.105. The molecule has 0 saturated heterocycles. The van der Waals surface area contributed by atoms with Crippen molar-refractivity contribution in [3.63, 3.8) is 0 Å². The van der Waals surface area contributed by atoms with Crippen LogP contribution in [0.5, 0.6) is 0 Å². The molecule has 1 amide bonds. The summed E-state index contributed by atoms with van der Waals surface area (Å²) in [6.45, 7) is 2.14. The van der Waals surface area contributed by atoms with Crippen LogP contribution < -0.4 is 5.32 Å². The van der Waals surface area contributed by atoms with E-state index in [9.17, 15) is 14.7 Å². The minimum atomic E-state index is -1.07. The number of carbonyl (C=O) groups is 2. The molecule has 0 bridgehead atoms. The van der Waals surface area contributed by atoms with Crippen LogP contribution in [0.3, 0.4) is 0 Å². The molecule has 1 aromatic rings. The van der Waals surface area contributed by atoms with Gasteiger partial charge in [0.05, 0.1) is 5.25 Å². The van der Waals surface area contributed by atoms with Crippen LogP contribution in [-0.4, -0.2) is 27.8 Å². The second-order valence-electron chi connectivity index (χ2n) is 6.48. The largest absolute Gasteiger partial charge is 0.480 e. The molecule has 5 heteroatoms. The van der Waals surface area contributed by atoms with Gasteiger partial charge in [-0.15, -0.1) is 11.8 Å². The van der Waals surface area contributed by atoms with E-state index < -0.39 is 11.5 Å². The maximum Gasteiger partial charge on any atom is 0.329 e. The zero-order valence-electron chi connectivity index (χ0n) is 12.7. The van der Waals surface area contributed by atoms with E-state index in [1.165, 1.54) is 17.3 Å². The Labute approximate surface area is 134 Å². The van der Waals surface area contributed by atoms with E-state index in [0.29, 0.717) is 25.2 Å². The van der Waals surface area contributed by atoms with Gasteiger partial charge in [0.1, 0.15) is 5.54 Å². The zero-order chi connectivity index (χ0) is 15.7. The Morgan fingerprint density at radius 3 is 2.59 bits per heavy atom. The number of thioether (sulfide) groups is 1. The predicted octanol–water partition coefficient (Wildman–Crippen LogP) is 2.85. The number of amides is 1. The van der Waals surface area contributed by atoms with Gasteiger partial charge < -0.3 is 10.4 Å². The van der Waals surface area contributed by atoms with Gasteiger partial charge in [-0.25, -0.2) is 4.79 Å². The molecule has 22 heavy (non-hydrogen) atoms. The minimum Gasteiger partial charge on any atom is -0.480 e. The van der Waals surface area contributed by atoms with Gasteiger partial charge in [0.2, 0.25) is 5.91 Å². The summed E-state index contributed by atoms with van der Waals surface area (Å²) in [6.07, 6.45) is 3.44. The van der Waals surface area contributed by atoms with Crippen molar-refractivity contribution in [2.45, 2.75) is 54.7 Å². The molecule has 0 spiro atoms. The molecule has 0 aromatic heterocycles. The fourth-order valence-electron chi connectivity index (χ4n) is 3.29. The first kappa shape index (κ1) is 15.4. The standard InChI is InChI=1S/C17H21NO3S/c1-11-6-8-17(9-7-11,16(20)21)18-15(19)14-10-12-4-2-3-5-13(12)22-14/h2-5,11,14H,6-10H2,1H3,(H,18,19)(H,20,21). The summed E-state index contributed by atoms with van der Waals surface area (Å²) >= 11 is 1.54. The van der Waals surface area contributed by atoms with Gasteiger partial charge in [-0.3, -0.25) is 4.79 Å². The molecule has 1 saturated carbocycles. The van der Waals surface area contributed by atoms with Crippen LogP contribution in [0.15, 0.2) is 29.2 Å². The van der Waals surface area contributed by atoms with Crippen LogP contribution in [0.4, 0.5) is 0 Å². The van der Waals surface area contributed by atoms with E-state index in [0.717, 1.165) is 17.7 Å². The normalized spacial score (nSPS) is 30.6. The maximum absolute atomic E-state index is 12.6. The smallest absolute Gasteiger partial charge is 0.329 e. The van der Waals surface area contributed by atoms with Crippen molar-refractivity contribution in [3.05, 3.63) is 29.8 Å². The highest BCUT2D eigenvalue weighted by Gasteiger charge is 2.44. The Morgan fingerprint density at radius 1 is 1.27 bits per heavy atom. The van der Waals surface area contributed by atoms with Gasteiger partial charge in [0, 0.05) is 4.90 Å². The summed E-state index contributed by atoms with van der Waals surface area (Å²) < 4.78 is 0. The molecule has 1 atom stereocenters. The highest BCUT2D eigenvalue weighted by molar-refractivity contribution is 8.01. The molecule has 1 aliphatic carbocycles. The summed E-state index contributed by atoms with van der Waals surface area (Å²) in [6, 6.07) is 7.99. The molecule has 1 aliphatic heterocycles. The number of carboxylic acids is 1. The molecule has 0 radical (unpaired) electrons. The topological polar surface area (TPSA) is 66.4 Å². The van der Waals surface area contributed by atoms with Crippen molar-refractivity contribution in [2.24, 2.45) is 5.92 Å². The second kappa shape index (κ2) is 5.95. The number of fused-ring (bicyclic) bond motifs is 1. The van der Waals surface area contributed by atoms with Gasteiger partial charge in [-0.2, -0.15) is 0 Å². The summed E-state index contributed by atoms with van der Waals surface area (Å²) in [7, 11) is 0. The molecule has 2 N–H and O–H groups in total. The van der Waals surface area contributed by atoms with E-state index in [2.05, 4.69) is 12.2 Å². The van der Waals surface area contributed by atoms with E-state index in [1.54, 1.807) is 0 Å². The first-order valence-corrected chi connectivity index (χ1v) is 8.68. The van der Waals surface area contributed by atoms with Crippen molar-refractivity contribution < 1.29 is 14.7 Å². The molecule has 1 fully saturated rings. The summed E-state index contributed by atoms with van der Waals surface area (Å²) in [5, 5.41) is 12.3. The first-order chi connectivity index (χ1) is 10.5. The van der Waals surface area contributed by atoms with E-state index in [-0.39, 0.29) is 11.2 Å². The summed E-state index contributed by atoms with van der Waals surface area (Å²) in [4.78, 5) is 25.4. The SMILES string of the molecule is CC1CCC(NC(=O)C2Cc3ccccc3S2)(C(=O)O)CC1. The number of carboxylic acid groups (broad SMARTS) is 1. The van der Waals surface area contributed by atoms with Crippen molar-refractivity contribution in [3.8, 4) is 0 Å². The van der Waals surface area contributed by atoms with Gasteiger partial charge in [-0.1, -0.05) is 25.1 Å². The number of aliphatic carboxylic acids is 1. The Kier molecular flexibility index (Phi) is 4.17. The Balaban J connectivity index is 1.70. The molecule has 1 heterocycles. The maximum atomic E-state index is 12.6. The monoisotopic (exact) mass is 319 g/mol. The lowest BCUT2D eigenvalue weighted by Crippen LogP contribution is -2.58. The lowest BCUT2D eigenvalue weighted by Gasteiger charge is -2.37. The zero-order valence-corrected chi connectivity index (χ0v) is 13.5. The molecule has 1 unspecified atom stereocenters. The molecule has 118 valence electrons. The van der Waals surface area contributed by atoms with Crippen molar-refractivity contribution in [1.29, 1.82) is 0 Å². The predicted molar refractivity (Wildman–Crippen MR) is 85.9 cm³/mol. The molecular weight excluding hydrogens is 298 g/mol. The van der Waals surface area contributed by atoms with Crippen molar-refractivity contribution >= 4 is 23.6 Å². The van der Waals surface area contributed by atoms with Gasteiger partial charge >= 0.3 is 5.97 Å².